The Bertz CT molecular complexity index is 521. The van der Waals surface area contributed by atoms with Gasteiger partial charge in [-0.1, -0.05) is 6.08 Å². The maximum Gasteiger partial charge on any atom is 0.289 e. The topological polar surface area (TPSA) is 65.8 Å². The molecular formula is C14H18BrN3O3. The van der Waals surface area contributed by atoms with Gasteiger partial charge in [-0.3, -0.25) is 14.5 Å². The molecule has 6 nitrogen and oxygen atoms in total. The summed E-state index contributed by atoms with van der Waals surface area (Å²) in [5.41, 5.74) is 0. The molecule has 1 aromatic rings. The van der Waals surface area contributed by atoms with E-state index < -0.39 is 0 Å². The molecule has 1 fully saturated rings. The second kappa shape index (κ2) is 7.42. The van der Waals surface area contributed by atoms with E-state index in [0.29, 0.717) is 49.7 Å². The first-order valence-corrected chi connectivity index (χ1v) is 7.54. The second-order valence-electron chi connectivity index (χ2n) is 4.76. The summed E-state index contributed by atoms with van der Waals surface area (Å²) < 4.78 is 5.82. The summed E-state index contributed by atoms with van der Waals surface area (Å²) in [5.74, 6) is 0.195. The predicted molar refractivity (Wildman–Crippen MR) is 82.0 cm³/mol. The first kappa shape index (κ1) is 15.8. The molecule has 1 aromatic heterocycles. The van der Waals surface area contributed by atoms with Crippen molar-refractivity contribution in [2.75, 3.05) is 39.3 Å². The Balaban J connectivity index is 1.79. The van der Waals surface area contributed by atoms with Crippen molar-refractivity contribution in [1.29, 1.82) is 0 Å². The molecule has 21 heavy (non-hydrogen) atoms. The fourth-order valence-corrected chi connectivity index (χ4v) is 2.45. The van der Waals surface area contributed by atoms with Gasteiger partial charge in [0, 0.05) is 32.7 Å². The zero-order valence-corrected chi connectivity index (χ0v) is 13.3. The van der Waals surface area contributed by atoms with Crippen molar-refractivity contribution in [3.05, 3.63) is 35.2 Å². The van der Waals surface area contributed by atoms with Gasteiger partial charge in [-0.05, 0) is 28.1 Å². The van der Waals surface area contributed by atoms with Crippen LogP contribution >= 0.6 is 15.9 Å². The number of nitrogens with zero attached hydrogens (tertiary/aromatic N) is 2. The summed E-state index contributed by atoms with van der Waals surface area (Å²) >= 11 is 3.18. The van der Waals surface area contributed by atoms with Crippen LogP contribution in [-0.2, 0) is 4.79 Å². The van der Waals surface area contributed by atoms with E-state index in [1.807, 2.05) is 4.90 Å². The number of carbonyl (C=O) groups is 2. The van der Waals surface area contributed by atoms with E-state index in [0.717, 1.165) is 0 Å². The number of amides is 2. The summed E-state index contributed by atoms with van der Waals surface area (Å²) in [6.45, 7) is 6.91. The highest BCUT2D eigenvalue weighted by atomic mass is 79.9. The average Bonchev–Trinajstić information content (AvgIpc) is 2.92. The van der Waals surface area contributed by atoms with Gasteiger partial charge in [0.15, 0.2) is 10.4 Å². The molecule has 1 N–H and O–H groups in total. The SMILES string of the molecule is C=CCNC(=O)CN1CCN(C(=O)c2ccc(Br)o2)CC1. The quantitative estimate of drug-likeness (QED) is 0.803. The number of hydrogen-bond acceptors (Lipinski definition) is 4. The van der Waals surface area contributed by atoms with Crippen molar-refractivity contribution in [3.8, 4) is 0 Å². The minimum atomic E-state index is -0.114. The van der Waals surface area contributed by atoms with Crippen LogP contribution in [-0.4, -0.2) is 60.9 Å². The van der Waals surface area contributed by atoms with E-state index in [1.165, 1.54) is 0 Å². The Morgan fingerprint density at radius 3 is 2.62 bits per heavy atom. The van der Waals surface area contributed by atoms with Crippen LogP contribution in [0, 0.1) is 0 Å². The van der Waals surface area contributed by atoms with Gasteiger partial charge in [-0.15, -0.1) is 6.58 Å². The summed E-state index contributed by atoms with van der Waals surface area (Å²) in [6, 6.07) is 3.36. The first-order chi connectivity index (χ1) is 10.1. The van der Waals surface area contributed by atoms with Crippen molar-refractivity contribution in [3.63, 3.8) is 0 Å². The number of halogens is 1. The lowest BCUT2D eigenvalue weighted by Gasteiger charge is -2.33. The highest BCUT2D eigenvalue weighted by Gasteiger charge is 2.24. The molecule has 1 aliphatic rings. The zero-order valence-electron chi connectivity index (χ0n) is 11.7. The van der Waals surface area contributed by atoms with Crippen LogP contribution in [0.4, 0.5) is 0 Å². The third kappa shape index (κ3) is 4.44. The molecule has 7 heteroatoms. The smallest absolute Gasteiger partial charge is 0.289 e. The van der Waals surface area contributed by atoms with Gasteiger partial charge in [0.1, 0.15) is 0 Å². The third-order valence-electron chi connectivity index (χ3n) is 3.25. The van der Waals surface area contributed by atoms with Crippen molar-refractivity contribution in [1.82, 2.24) is 15.1 Å². The van der Waals surface area contributed by atoms with Gasteiger partial charge in [-0.25, -0.2) is 0 Å². The van der Waals surface area contributed by atoms with E-state index in [9.17, 15) is 9.59 Å². The maximum atomic E-state index is 12.2. The Morgan fingerprint density at radius 2 is 2.05 bits per heavy atom. The van der Waals surface area contributed by atoms with E-state index >= 15 is 0 Å². The number of furan rings is 1. The van der Waals surface area contributed by atoms with Gasteiger partial charge in [0.25, 0.3) is 5.91 Å². The lowest BCUT2D eigenvalue weighted by atomic mass is 10.3. The molecule has 0 radical (unpaired) electrons. The van der Waals surface area contributed by atoms with Gasteiger partial charge in [0.2, 0.25) is 5.91 Å². The summed E-state index contributed by atoms with van der Waals surface area (Å²) in [7, 11) is 0. The highest BCUT2D eigenvalue weighted by molar-refractivity contribution is 9.10. The lowest BCUT2D eigenvalue weighted by molar-refractivity contribution is -0.122. The molecule has 2 rings (SSSR count). The molecule has 0 aromatic carbocycles. The van der Waals surface area contributed by atoms with Crippen LogP contribution < -0.4 is 5.32 Å². The maximum absolute atomic E-state index is 12.2. The number of hydrogen-bond donors (Lipinski definition) is 1. The molecule has 0 spiro atoms. The van der Waals surface area contributed by atoms with Crippen molar-refractivity contribution < 1.29 is 14.0 Å². The Labute approximate surface area is 131 Å². The molecule has 2 heterocycles. The summed E-state index contributed by atoms with van der Waals surface area (Å²) in [4.78, 5) is 27.6. The Morgan fingerprint density at radius 1 is 1.33 bits per heavy atom. The first-order valence-electron chi connectivity index (χ1n) is 6.74. The third-order valence-corrected chi connectivity index (χ3v) is 3.68. The van der Waals surface area contributed by atoms with Gasteiger partial charge >= 0.3 is 0 Å². The highest BCUT2D eigenvalue weighted by Crippen LogP contribution is 2.16. The molecular weight excluding hydrogens is 338 g/mol. The normalized spacial score (nSPS) is 15.8. The van der Waals surface area contributed by atoms with Crippen LogP contribution in [0.5, 0.6) is 0 Å². The monoisotopic (exact) mass is 355 g/mol. The minimum absolute atomic E-state index is 0.0235. The molecule has 1 saturated heterocycles. The van der Waals surface area contributed by atoms with Crippen LogP contribution in [0.25, 0.3) is 0 Å². The number of carbonyl (C=O) groups excluding carboxylic acids is 2. The molecule has 114 valence electrons. The molecule has 0 atom stereocenters. The lowest BCUT2D eigenvalue weighted by Crippen LogP contribution is -2.51. The minimum Gasteiger partial charge on any atom is -0.444 e. The average molecular weight is 356 g/mol. The van der Waals surface area contributed by atoms with Gasteiger partial charge < -0.3 is 14.6 Å². The van der Waals surface area contributed by atoms with Crippen LogP contribution in [0.3, 0.4) is 0 Å². The second-order valence-corrected chi connectivity index (χ2v) is 5.55. The van der Waals surface area contributed by atoms with E-state index in [-0.39, 0.29) is 11.8 Å². The fourth-order valence-electron chi connectivity index (χ4n) is 2.14. The van der Waals surface area contributed by atoms with Gasteiger partial charge in [0.05, 0.1) is 6.54 Å². The predicted octanol–water partition coefficient (Wildman–Crippen LogP) is 1.10. The summed E-state index contributed by atoms with van der Waals surface area (Å²) in [5, 5.41) is 2.74. The molecule has 0 aliphatic carbocycles. The van der Waals surface area contributed by atoms with Gasteiger partial charge in [-0.2, -0.15) is 0 Å². The zero-order chi connectivity index (χ0) is 15.2. The van der Waals surface area contributed by atoms with Crippen molar-refractivity contribution in [2.24, 2.45) is 0 Å². The van der Waals surface area contributed by atoms with Crippen molar-refractivity contribution >= 4 is 27.7 Å². The number of piperazine rings is 1. The standard InChI is InChI=1S/C14H18BrN3O3/c1-2-5-16-13(19)10-17-6-8-18(9-7-17)14(20)11-3-4-12(15)21-11/h2-4H,1,5-10H2,(H,16,19). The van der Waals surface area contributed by atoms with E-state index in [4.69, 9.17) is 4.42 Å². The van der Waals surface area contributed by atoms with Crippen LogP contribution in [0.1, 0.15) is 10.6 Å². The van der Waals surface area contributed by atoms with E-state index in [1.54, 1.807) is 23.1 Å². The van der Waals surface area contributed by atoms with Crippen LogP contribution in [0.15, 0.2) is 33.9 Å². The Hall–Kier alpha value is -1.60. The molecule has 2 amide bonds. The van der Waals surface area contributed by atoms with Crippen molar-refractivity contribution in [2.45, 2.75) is 0 Å². The molecule has 0 unspecified atom stereocenters. The fraction of sp³-hybridized carbons (Fsp3) is 0.429. The Kier molecular flexibility index (Phi) is 5.58. The number of nitrogens with one attached hydrogen (secondary N) is 1. The number of rotatable bonds is 5. The molecule has 0 bridgehead atoms. The van der Waals surface area contributed by atoms with Crippen LogP contribution in [0.2, 0.25) is 0 Å². The van der Waals surface area contributed by atoms with E-state index in [2.05, 4.69) is 27.8 Å². The molecule has 0 saturated carbocycles. The largest absolute Gasteiger partial charge is 0.444 e. The summed E-state index contributed by atoms with van der Waals surface area (Å²) in [6.07, 6.45) is 1.65. The molecule has 1 aliphatic heterocycles.